The van der Waals surface area contributed by atoms with Gasteiger partial charge in [-0.2, -0.15) is 0 Å². The van der Waals surface area contributed by atoms with Gasteiger partial charge in [0, 0.05) is 19.1 Å². The summed E-state index contributed by atoms with van der Waals surface area (Å²) in [5.41, 5.74) is 1.49. The van der Waals surface area contributed by atoms with E-state index in [1.165, 1.54) is 37.5 Å². The molecule has 1 aliphatic heterocycles. The topological polar surface area (TPSA) is 49.4 Å². The summed E-state index contributed by atoms with van der Waals surface area (Å²) in [6.07, 6.45) is 7.34. The van der Waals surface area contributed by atoms with E-state index in [9.17, 15) is 8.42 Å². The Balaban J connectivity index is 1.43. The van der Waals surface area contributed by atoms with Gasteiger partial charge in [-0.1, -0.05) is 30.3 Å². The molecule has 4 nitrogen and oxygen atoms in total. The lowest BCUT2D eigenvalue weighted by atomic mass is 9.78. The lowest BCUT2D eigenvalue weighted by Gasteiger charge is -2.31. The van der Waals surface area contributed by atoms with E-state index < -0.39 is 10.0 Å². The Hall–Kier alpha value is -0.910. The van der Waals surface area contributed by atoms with Gasteiger partial charge in [0.15, 0.2) is 0 Å². The summed E-state index contributed by atoms with van der Waals surface area (Å²) in [5, 5.41) is 0. The van der Waals surface area contributed by atoms with Gasteiger partial charge in [-0.3, -0.25) is 0 Å². The van der Waals surface area contributed by atoms with Gasteiger partial charge in [-0.15, -0.1) is 0 Å². The molecule has 0 bridgehead atoms. The van der Waals surface area contributed by atoms with Gasteiger partial charge in [-0.05, 0) is 56.0 Å². The Morgan fingerprint density at radius 3 is 2.43 bits per heavy atom. The largest absolute Gasteiger partial charge is 0.301 e. The number of benzene rings is 1. The summed E-state index contributed by atoms with van der Waals surface area (Å²) in [5.74, 6) is 1.50. The Morgan fingerprint density at radius 1 is 1.09 bits per heavy atom. The molecule has 1 aliphatic carbocycles. The summed E-state index contributed by atoms with van der Waals surface area (Å²) in [7, 11) is -3.08. The van der Waals surface area contributed by atoms with Gasteiger partial charge in [0.2, 0.25) is 10.0 Å². The minimum Gasteiger partial charge on any atom is -0.301 e. The molecular formula is C18H28N2O2S. The number of hydrogen-bond donors (Lipinski definition) is 1. The van der Waals surface area contributed by atoms with E-state index in [0.717, 1.165) is 37.9 Å². The van der Waals surface area contributed by atoms with Crippen LogP contribution in [0.4, 0.5) is 0 Å². The molecule has 0 radical (unpaired) electrons. The first-order chi connectivity index (χ1) is 11.0. The van der Waals surface area contributed by atoms with Gasteiger partial charge >= 0.3 is 0 Å². The molecule has 2 fully saturated rings. The van der Waals surface area contributed by atoms with E-state index in [1.54, 1.807) is 0 Å². The van der Waals surface area contributed by atoms with Crippen molar-refractivity contribution in [1.29, 1.82) is 0 Å². The normalized spacial score (nSPS) is 29.7. The number of rotatable bonds is 5. The molecule has 1 atom stereocenters. The van der Waals surface area contributed by atoms with E-state index in [0.29, 0.717) is 0 Å². The third kappa shape index (κ3) is 5.03. The van der Waals surface area contributed by atoms with Crippen molar-refractivity contribution in [3.05, 3.63) is 35.9 Å². The third-order valence-corrected chi connectivity index (χ3v) is 6.05. The summed E-state index contributed by atoms with van der Waals surface area (Å²) in [6, 6.07) is 11.0. The zero-order chi connectivity index (χ0) is 16.3. The smallest absolute Gasteiger partial charge is 0.208 e. The van der Waals surface area contributed by atoms with Crippen LogP contribution in [0.3, 0.4) is 0 Å². The highest BCUT2D eigenvalue weighted by atomic mass is 32.2. The maximum absolute atomic E-state index is 11.3. The van der Waals surface area contributed by atoms with Crippen LogP contribution in [0.25, 0.3) is 0 Å². The molecule has 1 saturated carbocycles. The van der Waals surface area contributed by atoms with Gasteiger partial charge in [-0.25, -0.2) is 13.1 Å². The Labute approximate surface area is 140 Å². The second-order valence-corrected chi connectivity index (χ2v) is 9.04. The molecule has 0 unspecified atom stereocenters. The molecule has 0 aromatic heterocycles. The average molecular weight is 337 g/mol. The van der Waals surface area contributed by atoms with Gasteiger partial charge in [0.25, 0.3) is 0 Å². The van der Waals surface area contributed by atoms with Crippen LogP contribution in [-0.2, 0) is 10.0 Å². The summed E-state index contributed by atoms with van der Waals surface area (Å²) in [4.78, 5) is 2.44. The molecule has 1 heterocycles. The van der Waals surface area contributed by atoms with Crippen LogP contribution < -0.4 is 4.72 Å². The highest BCUT2D eigenvalue weighted by molar-refractivity contribution is 7.88. The predicted octanol–water partition coefficient (Wildman–Crippen LogP) is 2.58. The van der Waals surface area contributed by atoms with Crippen molar-refractivity contribution in [2.75, 3.05) is 25.9 Å². The van der Waals surface area contributed by atoms with E-state index >= 15 is 0 Å². The highest BCUT2D eigenvalue weighted by Gasteiger charge is 2.28. The van der Waals surface area contributed by atoms with E-state index in [2.05, 4.69) is 40.0 Å². The molecule has 0 amide bonds. The van der Waals surface area contributed by atoms with Gasteiger partial charge in [0.1, 0.15) is 0 Å². The predicted molar refractivity (Wildman–Crippen MR) is 94.0 cm³/mol. The van der Waals surface area contributed by atoms with E-state index in [-0.39, 0.29) is 6.04 Å². The van der Waals surface area contributed by atoms with Crippen LogP contribution in [0.5, 0.6) is 0 Å². The lowest BCUT2D eigenvalue weighted by Crippen LogP contribution is -2.37. The van der Waals surface area contributed by atoms with Crippen LogP contribution in [0.2, 0.25) is 0 Å². The van der Waals surface area contributed by atoms with Gasteiger partial charge in [0.05, 0.1) is 6.26 Å². The molecule has 128 valence electrons. The SMILES string of the molecule is CS(=O)(=O)N[C@H]1CCN(CC2CCC(c3ccccc3)CC2)C1. The first-order valence-electron chi connectivity index (χ1n) is 8.74. The highest BCUT2D eigenvalue weighted by Crippen LogP contribution is 2.36. The minimum atomic E-state index is -3.08. The molecule has 3 rings (SSSR count). The van der Waals surface area contributed by atoms with Crippen molar-refractivity contribution in [2.24, 2.45) is 5.92 Å². The molecule has 5 heteroatoms. The average Bonchev–Trinajstić information content (AvgIpc) is 2.94. The van der Waals surface area contributed by atoms with E-state index in [4.69, 9.17) is 0 Å². The zero-order valence-electron chi connectivity index (χ0n) is 13.9. The van der Waals surface area contributed by atoms with Crippen molar-refractivity contribution < 1.29 is 8.42 Å². The maximum atomic E-state index is 11.3. The molecular weight excluding hydrogens is 308 g/mol. The standard InChI is InChI=1S/C18H28N2O2S/c1-23(21,22)19-18-11-12-20(14-18)13-15-7-9-17(10-8-15)16-5-3-2-4-6-16/h2-6,15,17-19H,7-14H2,1H3/t15?,17?,18-/m0/s1. The van der Waals surface area contributed by atoms with Gasteiger partial charge < -0.3 is 4.90 Å². The third-order valence-electron chi connectivity index (χ3n) is 5.29. The Bertz CT molecular complexity index is 595. The Kier molecular flexibility index (Phi) is 5.39. The van der Waals surface area contributed by atoms with Crippen LogP contribution in [-0.4, -0.2) is 45.2 Å². The summed E-state index contributed by atoms with van der Waals surface area (Å²) < 4.78 is 25.4. The van der Waals surface area contributed by atoms with Crippen LogP contribution in [0, 0.1) is 5.92 Å². The molecule has 0 spiro atoms. The van der Waals surface area contributed by atoms with Crippen molar-refractivity contribution in [3.8, 4) is 0 Å². The first kappa shape index (κ1) is 16.9. The molecule has 1 N–H and O–H groups in total. The quantitative estimate of drug-likeness (QED) is 0.899. The summed E-state index contributed by atoms with van der Waals surface area (Å²) >= 11 is 0. The molecule has 1 saturated heterocycles. The van der Waals surface area contributed by atoms with Crippen molar-refractivity contribution in [3.63, 3.8) is 0 Å². The number of likely N-dealkylation sites (tertiary alicyclic amines) is 1. The number of nitrogens with one attached hydrogen (secondary N) is 1. The number of sulfonamides is 1. The van der Waals surface area contributed by atoms with Crippen LogP contribution >= 0.6 is 0 Å². The number of nitrogens with zero attached hydrogens (tertiary/aromatic N) is 1. The molecule has 1 aromatic carbocycles. The van der Waals surface area contributed by atoms with Crippen molar-refractivity contribution in [1.82, 2.24) is 9.62 Å². The lowest BCUT2D eigenvalue weighted by molar-refractivity contribution is 0.221. The van der Waals surface area contributed by atoms with Crippen LogP contribution in [0.15, 0.2) is 30.3 Å². The fourth-order valence-corrected chi connectivity index (χ4v) is 4.96. The summed E-state index contributed by atoms with van der Waals surface area (Å²) in [6.45, 7) is 3.01. The maximum Gasteiger partial charge on any atom is 0.208 e. The van der Waals surface area contributed by atoms with Crippen molar-refractivity contribution >= 4 is 10.0 Å². The first-order valence-corrected chi connectivity index (χ1v) is 10.6. The zero-order valence-corrected chi connectivity index (χ0v) is 14.8. The van der Waals surface area contributed by atoms with Crippen molar-refractivity contribution in [2.45, 2.75) is 44.1 Å². The van der Waals surface area contributed by atoms with E-state index in [1.807, 2.05) is 0 Å². The molecule has 1 aromatic rings. The fraction of sp³-hybridized carbons (Fsp3) is 0.667. The minimum absolute atomic E-state index is 0.102. The fourth-order valence-electron chi connectivity index (χ4n) is 4.17. The molecule has 2 aliphatic rings. The second kappa shape index (κ2) is 7.32. The Morgan fingerprint density at radius 2 is 1.78 bits per heavy atom. The number of hydrogen-bond acceptors (Lipinski definition) is 3. The van der Waals surface area contributed by atoms with Crippen LogP contribution in [0.1, 0.15) is 43.6 Å². The second-order valence-electron chi connectivity index (χ2n) is 7.26. The molecule has 23 heavy (non-hydrogen) atoms. The monoisotopic (exact) mass is 336 g/mol.